The molecule has 132 valence electrons. The van der Waals surface area contributed by atoms with Crippen LogP contribution in [0.4, 0.5) is 0 Å². The normalized spacial score (nSPS) is 20.8. The van der Waals surface area contributed by atoms with Crippen LogP contribution < -0.4 is 14.8 Å². The minimum atomic E-state index is -0.841. The summed E-state index contributed by atoms with van der Waals surface area (Å²) in [6.45, 7) is 2.38. The third-order valence-electron chi connectivity index (χ3n) is 4.38. The van der Waals surface area contributed by atoms with E-state index in [9.17, 15) is 14.7 Å². The molecule has 0 spiro atoms. The number of rotatable bonds is 6. The maximum absolute atomic E-state index is 12.5. The van der Waals surface area contributed by atoms with E-state index in [-0.39, 0.29) is 11.9 Å². The molecule has 1 aromatic carbocycles. The molecule has 0 heterocycles. The first-order valence-electron chi connectivity index (χ1n) is 8.41. The van der Waals surface area contributed by atoms with Crippen molar-refractivity contribution < 1.29 is 24.2 Å². The Hall–Kier alpha value is -2.24. The van der Waals surface area contributed by atoms with E-state index in [1.54, 1.807) is 18.2 Å². The Morgan fingerprint density at radius 3 is 2.62 bits per heavy atom. The summed E-state index contributed by atoms with van der Waals surface area (Å²) >= 11 is 0. The first-order valence-corrected chi connectivity index (χ1v) is 8.41. The zero-order chi connectivity index (χ0) is 17.5. The standard InChI is InChI=1S/C18H25NO5/c1-3-24-15-10-9-12(11-16(15)23-2)17(20)19-14-8-6-4-5-7-13(14)18(21)22/h9-11,13-14H,3-8H2,1-2H3,(H,19,20)(H,21,22)/t13-,14+/m1/s1. The second-order valence-corrected chi connectivity index (χ2v) is 5.96. The quantitative estimate of drug-likeness (QED) is 0.781. The predicted molar refractivity (Wildman–Crippen MR) is 89.6 cm³/mol. The summed E-state index contributed by atoms with van der Waals surface area (Å²) in [5.41, 5.74) is 0.434. The lowest BCUT2D eigenvalue weighted by Crippen LogP contribution is -2.42. The van der Waals surface area contributed by atoms with Crippen molar-refractivity contribution in [2.24, 2.45) is 5.92 Å². The van der Waals surface area contributed by atoms with Gasteiger partial charge in [0.05, 0.1) is 19.6 Å². The lowest BCUT2D eigenvalue weighted by Gasteiger charge is -2.23. The van der Waals surface area contributed by atoms with Crippen LogP contribution in [0.3, 0.4) is 0 Å². The van der Waals surface area contributed by atoms with Gasteiger partial charge in [-0.1, -0.05) is 19.3 Å². The molecule has 1 fully saturated rings. The van der Waals surface area contributed by atoms with Gasteiger partial charge in [-0.3, -0.25) is 9.59 Å². The summed E-state index contributed by atoms with van der Waals surface area (Å²) in [5, 5.41) is 12.3. The van der Waals surface area contributed by atoms with E-state index in [2.05, 4.69) is 5.32 Å². The molecule has 0 unspecified atom stereocenters. The van der Waals surface area contributed by atoms with Crippen molar-refractivity contribution >= 4 is 11.9 Å². The van der Waals surface area contributed by atoms with Crippen LogP contribution in [-0.4, -0.2) is 36.7 Å². The molecule has 0 saturated heterocycles. The average Bonchev–Trinajstić information content (AvgIpc) is 2.81. The Bertz CT molecular complexity index is 587. The summed E-state index contributed by atoms with van der Waals surface area (Å²) in [5.74, 6) is -0.586. The molecule has 0 radical (unpaired) electrons. The molecule has 6 heteroatoms. The number of hydrogen-bond donors (Lipinski definition) is 2. The van der Waals surface area contributed by atoms with Crippen LogP contribution in [0.2, 0.25) is 0 Å². The summed E-state index contributed by atoms with van der Waals surface area (Å²) in [4.78, 5) is 24.0. The molecular formula is C18H25NO5. The number of carbonyl (C=O) groups is 2. The van der Waals surface area contributed by atoms with Gasteiger partial charge in [-0.15, -0.1) is 0 Å². The van der Waals surface area contributed by atoms with E-state index < -0.39 is 11.9 Å². The monoisotopic (exact) mass is 335 g/mol. The molecule has 0 aromatic heterocycles. The Labute approximate surface area is 142 Å². The van der Waals surface area contributed by atoms with E-state index in [1.165, 1.54) is 7.11 Å². The third kappa shape index (κ3) is 4.40. The average molecular weight is 335 g/mol. The van der Waals surface area contributed by atoms with Crippen LogP contribution in [0.15, 0.2) is 18.2 Å². The van der Waals surface area contributed by atoms with E-state index in [0.29, 0.717) is 36.5 Å². The van der Waals surface area contributed by atoms with E-state index >= 15 is 0 Å². The van der Waals surface area contributed by atoms with Gasteiger partial charge < -0.3 is 19.9 Å². The summed E-state index contributed by atoms with van der Waals surface area (Å²) in [6.07, 6.45) is 4.12. The second-order valence-electron chi connectivity index (χ2n) is 5.96. The van der Waals surface area contributed by atoms with Crippen LogP contribution in [0.5, 0.6) is 11.5 Å². The fourth-order valence-corrected chi connectivity index (χ4v) is 3.11. The van der Waals surface area contributed by atoms with Gasteiger partial charge in [-0.25, -0.2) is 0 Å². The van der Waals surface area contributed by atoms with Gasteiger partial charge >= 0.3 is 5.97 Å². The highest BCUT2D eigenvalue weighted by atomic mass is 16.5. The minimum Gasteiger partial charge on any atom is -0.493 e. The first kappa shape index (κ1) is 18.1. The molecule has 24 heavy (non-hydrogen) atoms. The number of aliphatic carboxylic acids is 1. The van der Waals surface area contributed by atoms with Crippen LogP contribution in [0, 0.1) is 5.92 Å². The fourth-order valence-electron chi connectivity index (χ4n) is 3.11. The van der Waals surface area contributed by atoms with Crippen LogP contribution in [-0.2, 0) is 4.79 Å². The number of hydrogen-bond acceptors (Lipinski definition) is 4. The molecule has 1 aromatic rings. The van der Waals surface area contributed by atoms with E-state index in [1.807, 2.05) is 6.92 Å². The maximum atomic E-state index is 12.5. The summed E-state index contributed by atoms with van der Waals surface area (Å²) < 4.78 is 10.7. The number of amides is 1. The smallest absolute Gasteiger partial charge is 0.308 e. The molecule has 2 rings (SSSR count). The molecule has 6 nitrogen and oxygen atoms in total. The van der Waals surface area contributed by atoms with Crippen LogP contribution in [0.1, 0.15) is 49.4 Å². The van der Waals surface area contributed by atoms with Crippen molar-refractivity contribution in [3.8, 4) is 11.5 Å². The zero-order valence-corrected chi connectivity index (χ0v) is 14.2. The molecule has 0 bridgehead atoms. The van der Waals surface area contributed by atoms with Gasteiger partial charge in [0.15, 0.2) is 11.5 Å². The highest BCUT2D eigenvalue weighted by Crippen LogP contribution is 2.29. The number of methoxy groups -OCH3 is 1. The molecule has 1 aliphatic carbocycles. The number of carboxylic acids is 1. The van der Waals surface area contributed by atoms with Gasteiger partial charge in [0.2, 0.25) is 0 Å². The lowest BCUT2D eigenvalue weighted by molar-refractivity contribution is -0.142. The first-order chi connectivity index (χ1) is 11.6. The van der Waals surface area contributed by atoms with Gasteiger partial charge in [0, 0.05) is 11.6 Å². The maximum Gasteiger partial charge on any atom is 0.308 e. The Balaban J connectivity index is 2.14. The summed E-state index contributed by atoms with van der Waals surface area (Å²) in [7, 11) is 1.52. The Morgan fingerprint density at radius 1 is 1.21 bits per heavy atom. The zero-order valence-electron chi connectivity index (χ0n) is 14.2. The van der Waals surface area contributed by atoms with Crippen molar-refractivity contribution in [1.82, 2.24) is 5.32 Å². The minimum absolute atomic E-state index is 0.283. The number of benzene rings is 1. The van der Waals surface area contributed by atoms with Crippen molar-refractivity contribution in [3.05, 3.63) is 23.8 Å². The number of carbonyl (C=O) groups excluding carboxylic acids is 1. The van der Waals surface area contributed by atoms with Gasteiger partial charge in [-0.05, 0) is 38.0 Å². The Morgan fingerprint density at radius 2 is 1.96 bits per heavy atom. The SMILES string of the molecule is CCOc1ccc(C(=O)N[C@H]2CCCCC[C@H]2C(=O)O)cc1OC. The highest BCUT2D eigenvalue weighted by Gasteiger charge is 2.30. The third-order valence-corrected chi connectivity index (χ3v) is 4.38. The van der Waals surface area contributed by atoms with Crippen molar-refractivity contribution in [3.63, 3.8) is 0 Å². The predicted octanol–water partition coefficient (Wildman–Crippen LogP) is 2.86. The van der Waals surface area contributed by atoms with Crippen molar-refractivity contribution in [1.29, 1.82) is 0 Å². The van der Waals surface area contributed by atoms with Gasteiger partial charge in [0.1, 0.15) is 0 Å². The van der Waals surface area contributed by atoms with Crippen molar-refractivity contribution in [2.75, 3.05) is 13.7 Å². The van der Waals surface area contributed by atoms with Crippen LogP contribution in [0.25, 0.3) is 0 Å². The summed E-state index contributed by atoms with van der Waals surface area (Å²) in [6, 6.07) is 4.64. The molecule has 0 aliphatic heterocycles. The molecular weight excluding hydrogens is 310 g/mol. The Kier molecular flexibility index (Phi) is 6.46. The van der Waals surface area contributed by atoms with Crippen LogP contribution >= 0.6 is 0 Å². The van der Waals surface area contributed by atoms with Gasteiger partial charge in [0.25, 0.3) is 5.91 Å². The molecule has 1 aliphatic rings. The number of ether oxygens (including phenoxy) is 2. The topological polar surface area (TPSA) is 84.9 Å². The number of carboxylic acid groups (broad SMARTS) is 1. The van der Waals surface area contributed by atoms with E-state index in [4.69, 9.17) is 9.47 Å². The van der Waals surface area contributed by atoms with Gasteiger partial charge in [-0.2, -0.15) is 0 Å². The largest absolute Gasteiger partial charge is 0.493 e. The molecule has 2 N–H and O–H groups in total. The van der Waals surface area contributed by atoms with E-state index in [0.717, 1.165) is 19.3 Å². The number of nitrogens with one attached hydrogen (secondary N) is 1. The highest BCUT2D eigenvalue weighted by molar-refractivity contribution is 5.95. The molecule has 1 amide bonds. The molecule has 2 atom stereocenters. The van der Waals surface area contributed by atoms with Crippen molar-refractivity contribution in [2.45, 2.75) is 45.1 Å². The second kappa shape index (κ2) is 8.57. The fraction of sp³-hybridized carbons (Fsp3) is 0.556. The lowest BCUT2D eigenvalue weighted by atomic mass is 9.94. The molecule has 1 saturated carbocycles.